The molecule has 48 heavy (non-hydrogen) atoms. The summed E-state index contributed by atoms with van der Waals surface area (Å²) in [5.41, 5.74) is 12.2. The number of benzene rings is 8. The number of rotatable bonds is 6. The molecule has 0 aliphatic carbocycles. The highest BCUT2D eigenvalue weighted by Gasteiger charge is 2.16. The van der Waals surface area contributed by atoms with Crippen molar-refractivity contribution in [2.75, 3.05) is 4.90 Å². The van der Waals surface area contributed by atoms with Crippen LogP contribution in [0.3, 0.4) is 0 Å². The van der Waals surface area contributed by atoms with Crippen LogP contribution in [0.15, 0.2) is 192 Å². The largest absolute Gasteiger partial charge is 0.456 e. The van der Waals surface area contributed by atoms with Crippen molar-refractivity contribution >= 4 is 49.8 Å². The molecule has 0 radical (unpaired) electrons. The van der Waals surface area contributed by atoms with E-state index < -0.39 is 0 Å². The summed E-state index contributed by atoms with van der Waals surface area (Å²) in [5.74, 6) is 0. The van der Waals surface area contributed by atoms with Gasteiger partial charge in [-0.2, -0.15) is 0 Å². The quantitative estimate of drug-likeness (QED) is 0.185. The first kappa shape index (κ1) is 27.9. The summed E-state index contributed by atoms with van der Waals surface area (Å²) >= 11 is 0. The topological polar surface area (TPSA) is 16.4 Å². The summed E-state index contributed by atoms with van der Waals surface area (Å²) in [7, 11) is 0. The lowest BCUT2D eigenvalue weighted by molar-refractivity contribution is 0.669. The molecular weight excluding hydrogens is 583 g/mol. The van der Waals surface area contributed by atoms with E-state index >= 15 is 0 Å². The van der Waals surface area contributed by atoms with Gasteiger partial charge in [0.2, 0.25) is 0 Å². The summed E-state index contributed by atoms with van der Waals surface area (Å²) in [6.45, 7) is 0. The third-order valence-electron chi connectivity index (χ3n) is 9.24. The van der Waals surface area contributed by atoms with Gasteiger partial charge in [-0.15, -0.1) is 0 Å². The molecule has 0 unspecified atom stereocenters. The molecule has 0 atom stereocenters. The minimum absolute atomic E-state index is 0.895. The van der Waals surface area contributed by atoms with Crippen molar-refractivity contribution in [3.63, 3.8) is 0 Å². The van der Waals surface area contributed by atoms with Crippen LogP contribution < -0.4 is 4.90 Å². The molecule has 2 nitrogen and oxygen atoms in total. The predicted octanol–water partition coefficient (Wildman–Crippen LogP) is 13.2. The second-order valence-corrected chi connectivity index (χ2v) is 12.2. The Kier molecular flexibility index (Phi) is 6.84. The molecule has 9 rings (SSSR count). The van der Waals surface area contributed by atoms with Crippen LogP contribution in [0.4, 0.5) is 17.1 Å². The van der Waals surface area contributed by atoms with E-state index in [1.807, 2.05) is 0 Å². The third kappa shape index (κ3) is 5.10. The summed E-state index contributed by atoms with van der Waals surface area (Å²) in [6.07, 6.45) is 0. The zero-order valence-corrected chi connectivity index (χ0v) is 26.3. The van der Waals surface area contributed by atoms with Crippen LogP contribution in [0.5, 0.6) is 0 Å². The zero-order chi connectivity index (χ0) is 31.9. The van der Waals surface area contributed by atoms with Crippen molar-refractivity contribution < 1.29 is 4.42 Å². The maximum Gasteiger partial charge on any atom is 0.135 e. The van der Waals surface area contributed by atoms with E-state index in [0.717, 1.165) is 50.1 Å². The number of anilines is 3. The molecule has 0 aliphatic heterocycles. The van der Waals surface area contributed by atoms with Crippen molar-refractivity contribution in [1.82, 2.24) is 0 Å². The molecule has 0 saturated carbocycles. The highest BCUT2D eigenvalue weighted by Crippen LogP contribution is 2.40. The molecule has 1 aromatic heterocycles. The second-order valence-electron chi connectivity index (χ2n) is 12.2. The van der Waals surface area contributed by atoms with Gasteiger partial charge in [0.05, 0.1) is 0 Å². The average molecular weight is 614 g/mol. The van der Waals surface area contributed by atoms with Gasteiger partial charge in [0.15, 0.2) is 0 Å². The van der Waals surface area contributed by atoms with E-state index in [1.165, 1.54) is 33.0 Å². The molecule has 0 aliphatic rings. The Hall–Kier alpha value is -6.38. The standard InChI is InChI=1S/C46H31NO/c1-3-10-32(11-4-1)35-18-23-40(24-19-35)47(42-25-20-34-14-7-8-15-36(34)28-42)41-17-9-16-37(29-41)39-22-27-46-44(31-39)43-30-38(21-26-45(43)48-46)33-12-5-2-6-13-33/h1-31H. The van der Waals surface area contributed by atoms with Crippen LogP contribution in [-0.4, -0.2) is 0 Å². The van der Waals surface area contributed by atoms with Crippen LogP contribution in [0.25, 0.3) is 66.1 Å². The number of nitrogens with zero attached hydrogens (tertiary/aromatic N) is 1. The van der Waals surface area contributed by atoms with E-state index in [1.54, 1.807) is 0 Å². The minimum Gasteiger partial charge on any atom is -0.456 e. The van der Waals surface area contributed by atoms with Crippen molar-refractivity contribution in [3.8, 4) is 33.4 Å². The second kappa shape index (κ2) is 11.8. The van der Waals surface area contributed by atoms with Crippen LogP contribution >= 0.6 is 0 Å². The number of fused-ring (bicyclic) bond motifs is 4. The molecule has 0 spiro atoms. The molecule has 226 valence electrons. The summed E-state index contributed by atoms with van der Waals surface area (Å²) in [5, 5.41) is 4.68. The van der Waals surface area contributed by atoms with Crippen molar-refractivity contribution in [2.45, 2.75) is 0 Å². The van der Waals surface area contributed by atoms with E-state index in [-0.39, 0.29) is 0 Å². The van der Waals surface area contributed by atoms with E-state index in [4.69, 9.17) is 4.42 Å². The van der Waals surface area contributed by atoms with Gasteiger partial charge in [-0.05, 0) is 105 Å². The lowest BCUT2D eigenvalue weighted by Crippen LogP contribution is -2.10. The lowest BCUT2D eigenvalue weighted by atomic mass is 9.99. The highest BCUT2D eigenvalue weighted by molar-refractivity contribution is 6.07. The average Bonchev–Trinajstić information content (AvgIpc) is 3.53. The predicted molar refractivity (Wildman–Crippen MR) is 202 cm³/mol. The van der Waals surface area contributed by atoms with Crippen molar-refractivity contribution in [1.29, 1.82) is 0 Å². The fraction of sp³-hybridized carbons (Fsp3) is 0. The number of hydrogen-bond acceptors (Lipinski definition) is 2. The number of hydrogen-bond donors (Lipinski definition) is 0. The first-order valence-corrected chi connectivity index (χ1v) is 16.3. The highest BCUT2D eigenvalue weighted by atomic mass is 16.3. The first-order valence-electron chi connectivity index (χ1n) is 16.3. The molecule has 0 fully saturated rings. The van der Waals surface area contributed by atoms with Gasteiger partial charge in [0, 0.05) is 27.8 Å². The van der Waals surface area contributed by atoms with Crippen LogP contribution in [0.1, 0.15) is 0 Å². The monoisotopic (exact) mass is 613 g/mol. The van der Waals surface area contributed by atoms with Crippen molar-refractivity contribution in [3.05, 3.63) is 188 Å². The molecular formula is C46H31NO. The van der Waals surface area contributed by atoms with Gasteiger partial charge in [0.25, 0.3) is 0 Å². The van der Waals surface area contributed by atoms with E-state index in [9.17, 15) is 0 Å². The zero-order valence-electron chi connectivity index (χ0n) is 26.3. The first-order chi connectivity index (χ1) is 23.8. The minimum atomic E-state index is 0.895. The molecule has 2 heteroatoms. The SMILES string of the molecule is c1ccc(-c2ccc(N(c3cccc(-c4ccc5oc6ccc(-c7ccccc7)cc6c5c4)c3)c3ccc4ccccc4c3)cc2)cc1. The Morgan fingerprint density at radius 2 is 0.771 bits per heavy atom. The van der Waals surface area contributed by atoms with Crippen molar-refractivity contribution in [2.24, 2.45) is 0 Å². The maximum absolute atomic E-state index is 6.28. The van der Waals surface area contributed by atoms with Crippen LogP contribution in [0, 0.1) is 0 Å². The van der Waals surface area contributed by atoms with Gasteiger partial charge in [-0.1, -0.05) is 127 Å². The molecule has 1 heterocycles. The molecule has 9 aromatic rings. The number of furan rings is 1. The Bertz CT molecular complexity index is 2550. The van der Waals surface area contributed by atoms with Gasteiger partial charge in [0.1, 0.15) is 11.2 Å². The summed E-state index contributed by atoms with van der Waals surface area (Å²) in [6, 6.07) is 67.0. The Balaban J connectivity index is 1.15. The van der Waals surface area contributed by atoms with Gasteiger partial charge in [-0.25, -0.2) is 0 Å². The fourth-order valence-electron chi connectivity index (χ4n) is 6.79. The molecule has 0 bridgehead atoms. The lowest BCUT2D eigenvalue weighted by Gasteiger charge is -2.26. The normalized spacial score (nSPS) is 11.3. The smallest absolute Gasteiger partial charge is 0.135 e. The summed E-state index contributed by atoms with van der Waals surface area (Å²) < 4.78 is 6.28. The third-order valence-corrected chi connectivity index (χ3v) is 9.24. The maximum atomic E-state index is 6.28. The van der Waals surface area contributed by atoms with E-state index in [0.29, 0.717) is 0 Å². The van der Waals surface area contributed by atoms with Crippen LogP contribution in [0.2, 0.25) is 0 Å². The molecule has 8 aromatic carbocycles. The van der Waals surface area contributed by atoms with Gasteiger partial charge >= 0.3 is 0 Å². The summed E-state index contributed by atoms with van der Waals surface area (Å²) in [4.78, 5) is 2.35. The Morgan fingerprint density at radius 1 is 0.292 bits per heavy atom. The Morgan fingerprint density at radius 3 is 1.46 bits per heavy atom. The van der Waals surface area contributed by atoms with Gasteiger partial charge in [-0.3, -0.25) is 0 Å². The Labute approximate surface area is 279 Å². The van der Waals surface area contributed by atoms with Gasteiger partial charge < -0.3 is 9.32 Å². The molecule has 0 N–H and O–H groups in total. The molecule has 0 saturated heterocycles. The van der Waals surface area contributed by atoms with Crippen LogP contribution in [-0.2, 0) is 0 Å². The fourth-order valence-corrected chi connectivity index (χ4v) is 6.79. The molecule has 0 amide bonds. The van der Waals surface area contributed by atoms with E-state index in [2.05, 4.69) is 193 Å².